The van der Waals surface area contributed by atoms with E-state index in [0.29, 0.717) is 25.1 Å². The van der Waals surface area contributed by atoms with Gasteiger partial charge in [-0.1, -0.05) is 25.6 Å². The first-order valence-corrected chi connectivity index (χ1v) is 8.69. The van der Waals surface area contributed by atoms with Crippen LogP contribution in [-0.2, 0) is 19.2 Å². The van der Waals surface area contributed by atoms with Gasteiger partial charge in [0.15, 0.2) is 5.12 Å². The largest absolute Gasteiger partial charge is 0.480 e. The molecular formula is C15H24N2O5S. The number of carboxylic acids is 1. The van der Waals surface area contributed by atoms with Gasteiger partial charge in [0.2, 0.25) is 11.8 Å². The normalized spacial score (nSPS) is 18.6. The van der Waals surface area contributed by atoms with Crippen molar-refractivity contribution in [2.75, 3.05) is 25.9 Å². The molecule has 2 atom stereocenters. The van der Waals surface area contributed by atoms with Crippen molar-refractivity contribution in [3.63, 3.8) is 0 Å². The van der Waals surface area contributed by atoms with E-state index in [1.165, 1.54) is 11.9 Å². The molecule has 0 spiro atoms. The predicted molar refractivity (Wildman–Crippen MR) is 86.9 cm³/mol. The molecule has 1 N–H and O–H groups in total. The van der Waals surface area contributed by atoms with Gasteiger partial charge >= 0.3 is 5.97 Å². The van der Waals surface area contributed by atoms with E-state index in [0.717, 1.165) is 23.1 Å². The lowest BCUT2D eigenvalue weighted by Crippen LogP contribution is -2.49. The molecule has 0 bridgehead atoms. The Morgan fingerprint density at radius 1 is 1.35 bits per heavy atom. The summed E-state index contributed by atoms with van der Waals surface area (Å²) in [6, 6.07) is -0.596. The Kier molecular flexibility index (Phi) is 7.54. The van der Waals surface area contributed by atoms with E-state index in [-0.39, 0.29) is 29.4 Å². The number of hydrogen-bond donors (Lipinski definition) is 1. The minimum atomic E-state index is -1.08. The molecule has 8 heteroatoms. The monoisotopic (exact) mass is 344 g/mol. The number of likely N-dealkylation sites (tertiary alicyclic amines) is 1. The fourth-order valence-corrected chi connectivity index (χ4v) is 3.28. The van der Waals surface area contributed by atoms with Gasteiger partial charge in [-0.15, -0.1) is 0 Å². The Bertz CT molecular complexity index is 482. The van der Waals surface area contributed by atoms with Crippen LogP contribution in [0.4, 0.5) is 0 Å². The number of carboxylic acid groups (broad SMARTS) is 1. The molecule has 130 valence electrons. The van der Waals surface area contributed by atoms with Crippen molar-refractivity contribution < 1.29 is 24.3 Å². The van der Waals surface area contributed by atoms with Gasteiger partial charge in [-0.05, 0) is 12.8 Å². The van der Waals surface area contributed by atoms with Gasteiger partial charge in [0.1, 0.15) is 12.6 Å². The maximum Gasteiger partial charge on any atom is 0.323 e. The van der Waals surface area contributed by atoms with Crippen molar-refractivity contribution in [1.82, 2.24) is 9.80 Å². The van der Waals surface area contributed by atoms with Gasteiger partial charge in [-0.3, -0.25) is 19.2 Å². The Balaban J connectivity index is 2.66. The summed E-state index contributed by atoms with van der Waals surface area (Å²) in [6.45, 7) is 3.63. The number of nitrogens with zero attached hydrogens (tertiary/aromatic N) is 2. The highest BCUT2D eigenvalue weighted by molar-refractivity contribution is 8.13. The lowest BCUT2D eigenvalue weighted by atomic mass is 10.1. The summed E-state index contributed by atoms with van der Waals surface area (Å²) in [7, 11) is 1.43. The van der Waals surface area contributed by atoms with Crippen LogP contribution in [0.25, 0.3) is 0 Å². The van der Waals surface area contributed by atoms with Gasteiger partial charge in [0.25, 0.3) is 0 Å². The van der Waals surface area contributed by atoms with Gasteiger partial charge in [-0.25, -0.2) is 0 Å². The Hall–Kier alpha value is -1.57. The highest BCUT2D eigenvalue weighted by Gasteiger charge is 2.37. The highest BCUT2D eigenvalue weighted by Crippen LogP contribution is 2.23. The third-order valence-electron chi connectivity index (χ3n) is 3.77. The summed E-state index contributed by atoms with van der Waals surface area (Å²) in [6.07, 6.45) is 1.69. The standard InChI is InChI=1S/C15H24N2O5S/c1-4-13(20)23-9-10(2)14(21)17-7-5-6-11(17)15(22)16(3)8-12(18)19/h10-11H,4-9H2,1-3H3,(H,18,19)/t10?,11-/m0/s1. The smallest absolute Gasteiger partial charge is 0.323 e. The van der Waals surface area contributed by atoms with Crippen LogP contribution < -0.4 is 0 Å². The molecule has 1 saturated heterocycles. The van der Waals surface area contributed by atoms with Gasteiger partial charge in [0.05, 0.1) is 0 Å². The lowest BCUT2D eigenvalue weighted by Gasteiger charge is -2.29. The molecule has 0 aromatic heterocycles. The molecule has 23 heavy (non-hydrogen) atoms. The molecule has 2 amide bonds. The molecule has 7 nitrogen and oxygen atoms in total. The Morgan fingerprint density at radius 2 is 2.00 bits per heavy atom. The number of aliphatic carboxylic acids is 1. The second-order valence-corrected chi connectivity index (χ2v) is 6.79. The molecule has 1 heterocycles. The van der Waals surface area contributed by atoms with Crippen molar-refractivity contribution >= 4 is 34.7 Å². The molecule has 0 radical (unpaired) electrons. The molecule has 0 aromatic rings. The maximum absolute atomic E-state index is 12.5. The van der Waals surface area contributed by atoms with Gasteiger partial charge < -0.3 is 14.9 Å². The third-order valence-corrected chi connectivity index (χ3v) is 5.05. The van der Waals surface area contributed by atoms with E-state index in [2.05, 4.69) is 0 Å². The molecule has 1 aliphatic heterocycles. The van der Waals surface area contributed by atoms with E-state index in [4.69, 9.17) is 5.11 Å². The molecule has 1 aliphatic rings. The van der Waals surface area contributed by atoms with Crippen LogP contribution in [0.15, 0.2) is 0 Å². The predicted octanol–water partition coefficient (Wildman–Crippen LogP) is 0.826. The topological polar surface area (TPSA) is 95.0 Å². The molecule has 1 unspecified atom stereocenters. The summed E-state index contributed by atoms with van der Waals surface area (Å²) in [4.78, 5) is 49.6. The fraction of sp³-hybridized carbons (Fsp3) is 0.733. The minimum Gasteiger partial charge on any atom is -0.480 e. The van der Waals surface area contributed by atoms with Crippen LogP contribution in [0.5, 0.6) is 0 Å². The zero-order valence-electron chi connectivity index (χ0n) is 13.8. The number of amides is 2. The highest BCUT2D eigenvalue weighted by atomic mass is 32.2. The summed E-state index contributed by atoms with van der Waals surface area (Å²) < 4.78 is 0. The van der Waals surface area contributed by atoms with Crippen LogP contribution in [0.3, 0.4) is 0 Å². The van der Waals surface area contributed by atoms with Crippen LogP contribution in [-0.4, -0.2) is 69.7 Å². The van der Waals surface area contributed by atoms with Crippen LogP contribution in [0, 0.1) is 5.92 Å². The van der Waals surface area contributed by atoms with E-state index in [9.17, 15) is 19.2 Å². The van der Waals surface area contributed by atoms with Crippen LogP contribution in [0.1, 0.15) is 33.1 Å². The van der Waals surface area contributed by atoms with Crippen molar-refractivity contribution in [2.45, 2.75) is 39.2 Å². The zero-order valence-corrected chi connectivity index (χ0v) is 14.6. The second-order valence-electron chi connectivity index (χ2n) is 5.72. The molecule has 0 aromatic carbocycles. The quantitative estimate of drug-likeness (QED) is 0.735. The molecule has 1 rings (SSSR count). The molecule has 0 saturated carbocycles. The van der Waals surface area contributed by atoms with Gasteiger partial charge in [-0.2, -0.15) is 0 Å². The molecular weight excluding hydrogens is 320 g/mol. The number of likely N-dealkylation sites (N-methyl/N-ethyl adjacent to an activating group) is 1. The SMILES string of the molecule is CCC(=O)SCC(C)C(=O)N1CCC[C@H]1C(=O)N(C)CC(=O)O. The van der Waals surface area contributed by atoms with Gasteiger partial charge in [0, 0.05) is 31.7 Å². The van der Waals surface area contributed by atoms with E-state index in [1.54, 1.807) is 13.8 Å². The zero-order chi connectivity index (χ0) is 17.6. The number of carbonyl (C=O) groups is 4. The van der Waals surface area contributed by atoms with Crippen molar-refractivity contribution in [3.05, 3.63) is 0 Å². The number of thioether (sulfide) groups is 1. The average molecular weight is 344 g/mol. The van der Waals surface area contributed by atoms with Crippen LogP contribution >= 0.6 is 11.8 Å². The average Bonchev–Trinajstić information content (AvgIpc) is 2.99. The van der Waals surface area contributed by atoms with E-state index >= 15 is 0 Å². The third kappa shape index (κ3) is 5.53. The van der Waals surface area contributed by atoms with E-state index < -0.39 is 12.0 Å². The van der Waals surface area contributed by atoms with Crippen molar-refractivity contribution in [2.24, 2.45) is 5.92 Å². The first-order chi connectivity index (χ1) is 10.8. The molecule has 0 aliphatic carbocycles. The summed E-state index contributed by atoms with van der Waals surface area (Å²) in [5, 5.41) is 8.82. The first-order valence-electron chi connectivity index (χ1n) is 7.70. The molecule has 1 fully saturated rings. The second kappa shape index (κ2) is 8.90. The number of hydrogen-bond acceptors (Lipinski definition) is 5. The minimum absolute atomic E-state index is 0.0416. The maximum atomic E-state index is 12.5. The van der Waals surface area contributed by atoms with E-state index in [1.807, 2.05) is 0 Å². The summed E-state index contributed by atoms with van der Waals surface area (Å²) in [5.41, 5.74) is 0. The number of carbonyl (C=O) groups excluding carboxylic acids is 3. The lowest BCUT2D eigenvalue weighted by molar-refractivity contribution is -0.148. The summed E-state index contributed by atoms with van der Waals surface area (Å²) in [5.74, 6) is -1.54. The first kappa shape index (κ1) is 19.5. The summed E-state index contributed by atoms with van der Waals surface area (Å²) >= 11 is 1.14. The van der Waals surface area contributed by atoms with Crippen LogP contribution in [0.2, 0.25) is 0 Å². The van der Waals surface area contributed by atoms with Crippen molar-refractivity contribution in [1.29, 1.82) is 0 Å². The number of rotatable bonds is 7. The Morgan fingerprint density at radius 3 is 2.57 bits per heavy atom. The fourth-order valence-electron chi connectivity index (χ4n) is 2.50. The Labute approximate surface area is 140 Å². The van der Waals surface area contributed by atoms with Crippen molar-refractivity contribution in [3.8, 4) is 0 Å².